The average Bonchev–Trinajstić information content (AvgIpc) is 2.46. The minimum atomic E-state index is -0.172. The van der Waals surface area contributed by atoms with E-state index in [0.717, 1.165) is 25.1 Å². The lowest BCUT2D eigenvalue weighted by molar-refractivity contribution is 0.0950. The highest BCUT2D eigenvalue weighted by Crippen LogP contribution is 2.31. The molecule has 1 N–H and O–H groups in total. The quantitative estimate of drug-likeness (QED) is 0.632. The number of unbranched alkanes of at least 4 members (excludes halogenated alkanes) is 1. The van der Waals surface area contributed by atoms with Crippen molar-refractivity contribution in [3.8, 4) is 11.5 Å². The SMILES string of the molecule is CCCCNC(C)C(=O)c1ccc2c(c1)OCCO2. The molecule has 0 amide bonds. The van der Waals surface area contributed by atoms with Crippen molar-refractivity contribution in [1.82, 2.24) is 5.32 Å². The lowest BCUT2D eigenvalue weighted by Crippen LogP contribution is -2.34. The summed E-state index contributed by atoms with van der Waals surface area (Å²) in [5, 5.41) is 3.24. The molecule has 1 heterocycles. The van der Waals surface area contributed by atoms with Crippen LogP contribution < -0.4 is 14.8 Å². The van der Waals surface area contributed by atoms with Gasteiger partial charge in [-0.25, -0.2) is 0 Å². The second kappa shape index (κ2) is 6.57. The van der Waals surface area contributed by atoms with Crippen molar-refractivity contribution in [2.45, 2.75) is 32.7 Å². The smallest absolute Gasteiger partial charge is 0.179 e. The van der Waals surface area contributed by atoms with Crippen LogP contribution >= 0.6 is 0 Å². The largest absolute Gasteiger partial charge is 0.486 e. The molecule has 1 aliphatic heterocycles. The number of ketones is 1. The Bertz CT molecular complexity index is 445. The summed E-state index contributed by atoms with van der Waals surface area (Å²) in [7, 11) is 0. The summed E-state index contributed by atoms with van der Waals surface area (Å²) in [6.45, 7) is 6.00. The lowest BCUT2D eigenvalue weighted by atomic mass is 10.0. The van der Waals surface area contributed by atoms with E-state index < -0.39 is 0 Å². The standard InChI is InChI=1S/C15H21NO3/c1-3-4-7-16-11(2)15(17)12-5-6-13-14(10-12)19-9-8-18-13/h5-6,10-11,16H,3-4,7-9H2,1-2H3. The van der Waals surface area contributed by atoms with Crippen molar-refractivity contribution >= 4 is 5.78 Å². The highest BCUT2D eigenvalue weighted by atomic mass is 16.6. The van der Waals surface area contributed by atoms with Gasteiger partial charge in [-0.15, -0.1) is 0 Å². The van der Waals surface area contributed by atoms with E-state index >= 15 is 0 Å². The van der Waals surface area contributed by atoms with E-state index in [4.69, 9.17) is 9.47 Å². The van der Waals surface area contributed by atoms with E-state index in [2.05, 4.69) is 12.2 Å². The number of fused-ring (bicyclic) bond motifs is 1. The van der Waals surface area contributed by atoms with Crippen LogP contribution in [-0.4, -0.2) is 31.6 Å². The summed E-state index contributed by atoms with van der Waals surface area (Å²) < 4.78 is 10.9. The van der Waals surface area contributed by atoms with E-state index in [1.807, 2.05) is 6.92 Å². The summed E-state index contributed by atoms with van der Waals surface area (Å²) in [6.07, 6.45) is 2.21. The van der Waals surface area contributed by atoms with E-state index in [-0.39, 0.29) is 11.8 Å². The van der Waals surface area contributed by atoms with E-state index in [0.29, 0.717) is 24.5 Å². The number of hydrogen-bond acceptors (Lipinski definition) is 4. The van der Waals surface area contributed by atoms with Gasteiger partial charge in [0.25, 0.3) is 0 Å². The first-order chi connectivity index (χ1) is 9.22. The van der Waals surface area contributed by atoms with Gasteiger partial charge in [0.15, 0.2) is 17.3 Å². The molecular weight excluding hydrogens is 242 g/mol. The second-order valence-corrected chi connectivity index (χ2v) is 4.75. The van der Waals surface area contributed by atoms with E-state index in [1.54, 1.807) is 18.2 Å². The number of hydrogen-bond donors (Lipinski definition) is 1. The Labute approximate surface area is 114 Å². The van der Waals surface area contributed by atoms with Crippen LogP contribution in [0.1, 0.15) is 37.0 Å². The summed E-state index contributed by atoms with van der Waals surface area (Å²) in [6, 6.07) is 5.21. The number of nitrogens with one attached hydrogen (secondary N) is 1. The summed E-state index contributed by atoms with van der Waals surface area (Å²) in [5.74, 6) is 1.47. The number of benzene rings is 1. The van der Waals surface area contributed by atoms with Crippen LogP contribution in [0.2, 0.25) is 0 Å². The lowest BCUT2D eigenvalue weighted by Gasteiger charge is -2.19. The molecule has 0 bridgehead atoms. The molecule has 0 saturated heterocycles. The van der Waals surface area contributed by atoms with Gasteiger partial charge in [-0.05, 0) is 38.1 Å². The van der Waals surface area contributed by atoms with Gasteiger partial charge in [0.05, 0.1) is 6.04 Å². The van der Waals surface area contributed by atoms with E-state index in [9.17, 15) is 4.79 Å². The first-order valence-corrected chi connectivity index (χ1v) is 6.89. The number of carbonyl (C=O) groups excluding carboxylic acids is 1. The molecule has 4 heteroatoms. The molecule has 1 unspecified atom stereocenters. The molecule has 104 valence electrons. The van der Waals surface area contributed by atoms with Crippen LogP contribution in [0.5, 0.6) is 11.5 Å². The van der Waals surface area contributed by atoms with Crippen LogP contribution in [0.4, 0.5) is 0 Å². The predicted octanol–water partition coefficient (Wildman–Crippen LogP) is 2.42. The molecule has 0 aromatic heterocycles. The fourth-order valence-corrected chi connectivity index (χ4v) is 2.03. The van der Waals surface area contributed by atoms with Gasteiger partial charge in [-0.3, -0.25) is 4.79 Å². The van der Waals surface area contributed by atoms with Crippen molar-refractivity contribution in [3.05, 3.63) is 23.8 Å². The molecule has 0 radical (unpaired) electrons. The van der Waals surface area contributed by atoms with Crippen LogP contribution in [0, 0.1) is 0 Å². The Hall–Kier alpha value is -1.55. The predicted molar refractivity (Wildman–Crippen MR) is 74.1 cm³/mol. The zero-order chi connectivity index (χ0) is 13.7. The summed E-state index contributed by atoms with van der Waals surface area (Å²) >= 11 is 0. The van der Waals surface area contributed by atoms with Gasteiger partial charge < -0.3 is 14.8 Å². The molecule has 0 fully saturated rings. The Morgan fingerprint density at radius 3 is 2.79 bits per heavy atom. The second-order valence-electron chi connectivity index (χ2n) is 4.75. The monoisotopic (exact) mass is 263 g/mol. The maximum atomic E-state index is 12.3. The zero-order valence-corrected chi connectivity index (χ0v) is 11.6. The molecule has 0 saturated carbocycles. The molecule has 1 aliphatic rings. The summed E-state index contributed by atoms with van der Waals surface area (Å²) in [5.41, 5.74) is 0.667. The molecule has 1 aromatic rings. The third kappa shape index (κ3) is 3.47. The number of carbonyl (C=O) groups is 1. The van der Waals surface area contributed by atoms with Gasteiger partial charge in [0, 0.05) is 5.56 Å². The minimum absolute atomic E-state index is 0.0908. The highest BCUT2D eigenvalue weighted by Gasteiger charge is 2.18. The Kier molecular flexibility index (Phi) is 4.80. The Morgan fingerprint density at radius 1 is 1.32 bits per heavy atom. The third-order valence-corrected chi connectivity index (χ3v) is 3.20. The van der Waals surface area contributed by atoms with Gasteiger partial charge >= 0.3 is 0 Å². The number of ether oxygens (including phenoxy) is 2. The first kappa shape index (κ1) is 13.9. The van der Waals surface area contributed by atoms with Gasteiger partial charge in [-0.2, -0.15) is 0 Å². The summed E-state index contributed by atoms with van der Waals surface area (Å²) in [4.78, 5) is 12.3. The number of rotatable bonds is 6. The Balaban J connectivity index is 2.02. The van der Waals surface area contributed by atoms with Gasteiger partial charge in [0.1, 0.15) is 13.2 Å². The molecule has 1 aromatic carbocycles. The molecule has 19 heavy (non-hydrogen) atoms. The van der Waals surface area contributed by atoms with Gasteiger partial charge in [0.2, 0.25) is 0 Å². The van der Waals surface area contributed by atoms with Crippen LogP contribution in [0.15, 0.2) is 18.2 Å². The maximum Gasteiger partial charge on any atom is 0.179 e. The van der Waals surface area contributed by atoms with E-state index in [1.165, 1.54) is 0 Å². The number of Topliss-reactive ketones (excluding diaryl/α,β-unsaturated/α-hetero) is 1. The van der Waals surface area contributed by atoms with Gasteiger partial charge in [-0.1, -0.05) is 13.3 Å². The fourth-order valence-electron chi connectivity index (χ4n) is 2.03. The maximum absolute atomic E-state index is 12.3. The topological polar surface area (TPSA) is 47.6 Å². The molecule has 4 nitrogen and oxygen atoms in total. The van der Waals surface area contributed by atoms with Crippen molar-refractivity contribution in [3.63, 3.8) is 0 Å². The molecule has 0 spiro atoms. The van der Waals surface area contributed by atoms with Crippen LogP contribution in [0.25, 0.3) is 0 Å². The van der Waals surface area contributed by atoms with Crippen LogP contribution in [0.3, 0.4) is 0 Å². The Morgan fingerprint density at radius 2 is 2.05 bits per heavy atom. The molecule has 2 rings (SSSR count). The van der Waals surface area contributed by atoms with Crippen molar-refractivity contribution < 1.29 is 14.3 Å². The molecule has 0 aliphatic carbocycles. The zero-order valence-electron chi connectivity index (χ0n) is 11.6. The third-order valence-electron chi connectivity index (χ3n) is 3.20. The molecular formula is C15H21NO3. The van der Waals surface area contributed by atoms with Crippen molar-refractivity contribution in [1.29, 1.82) is 0 Å². The fraction of sp³-hybridized carbons (Fsp3) is 0.533. The highest BCUT2D eigenvalue weighted by molar-refractivity contribution is 6.00. The van der Waals surface area contributed by atoms with Crippen molar-refractivity contribution in [2.75, 3.05) is 19.8 Å². The van der Waals surface area contributed by atoms with Crippen molar-refractivity contribution in [2.24, 2.45) is 0 Å². The van der Waals surface area contributed by atoms with Crippen LogP contribution in [-0.2, 0) is 0 Å². The molecule has 1 atom stereocenters. The minimum Gasteiger partial charge on any atom is -0.486 e. The first-order valence-electron chi connectivity index (χ1n) is 6.89. The average molecular weight is 263 g/mol. The normalized spacial score (nSPS) is 15.1.